The third-order valence-corrected chi connectivity index (χ3v) is 4.13. The van der Waals surface area contributed by atoms with E-state index in [4.69, 9.17) is 10.4 Å². The van der Waals surface area contributed by atoms with Crippen LogP contribution in [0.2, 0.25) is 0 Å². The lowest BCUT2D eigenvalue weighted by Gasteiger charge is -2.08. The number of nitrogens with one attached hydrogen (secondary N) is 1. The average Bonchev–Trinajstić information content (AvgIpc) is 2.18. The van der Waals surface area contributed by atoms with Crippen molar-refractivity contribution in [1.29, 1.82) is 5.26 Å². The van der Waals surface area contributed by atoms with Crippen molar-refractivity contribution in [3.8, 4) is 6.07 Å². The predicted molar refractivity (Wildman–Crippen MR) is 65.6 cm³/mol. The van der Waals surface area contributed by atoms with Crippen LogP contribution in [0.4, 0.5) is 5.69 Å². The second-order valence-corrected chi connectivity index (χ2v) is 6.80. The Morgan fingerprint density at radius 1 is 1.33 bits per heavy atom. The number of nitrogens with zero attached hydrogens (tertiary/aromatic N) is 1. The van der Waals surface area contributed by atoms with Crippen molar-refractivity contribution in [1.82, 2.24) is 0 Å². The number of nitriles is 1. The highest BCUT2D eigenvalue weighted by atomic mass is 32.2. The van der Waals surface area contributed by atoms with Gasteiger partial charge >= 0.3 is 0 Å². The number of hydrogen-bond acceptors (Lipinski definition) is 5. The lowest BCUT2D eigenvalue weighted by atomic mass is 10.2. The molecule has 0 spiro atoms. The SMILES string of the molecule is Cc1ccc(NS(=O)(=O)CC#N)cc1S(N)(=O)=O. The Kier molecular flexibility index (Phi) is 3.95. The van der Waals surface area contributed by atoms with E-state index in [1.54, 1.807) is 0 Å². The van der Waals surface area contributed by atoms with E-state index in [-0.39, 0.29) is 10.6 Å². The van der Waals surface area contributed by atoms with E-state index in [2.05, 4.69) is 4.72 Å². The number of nitrogens with two attached hydrogens (primary N) is 1. The van der Waals surface area contributed by atoms with Gasteiger partial charge in [-0.1, -0.05) is 6.07 Å². The number of primary sulfonamides is 1. The second kappa shape index (κ2) is 4.93. The van der Waals surface area contributed by atoms with Gasteiger partial charge in [-0.25, -0.2) is 22.0 Å². The summed E-state index contributed by atoms with van der Waals surface area (Å²) >= 11 is 0. The van der Waals surface area contributed by atoms with Crippen LogP contribution in [0.3, 0.4) is 0 Å². The molecule has 98 valence electrons. The minimum atomic E-state index is -3.92. The van der Waals surface area contributed by atoms with E-state index in [0.29, 0.717) is 5.56 Å². The Hall–Kier alpha value is -1.63. The van der Waals surface area contributed by atoms with E-state index >= 15 is 0 Å². The standard InChI is InChI=1S/C9H11N3O4S2/c1-7-2-3-8(6-9(7)18(11,15)16)12-17(13,14)5-4-10/h2-3,6,12H,5H2,1H3,(H2,11,15,16). The summed E-state index contributed by atoms with van der Waals surface area (Å²) in [7, 11) is -7.73. The number of sulfonamides is 2. The normalized spacial score (nSPS) is 11.8. The largest absolute Gasteiger partial charge is 0.283 e. The van der Waals surface area contributed by atoms with Crippen LogP contribution in [0.25, 0.3) is 0 Å². The average molecular weight is 289 g/mol. The monoisotopic (exact) mass is 289 g/mol. The molecule has 0 bridgehead atoms. The molecule has 1 aromatic carbocycles. The third-order valence-electron chi connectivity index (χ3n) is 2.02. The number of rotatable bonds is 4. The predicted octanol–water partition coefficient (Wildman–Crippen LogP) is -0.0923. The maximum Gasteiger partial charge on any atom is 0.246 e. The third kappa shape index (κ3) is 3.69. The van der Waals surface area contributed by atoms with Gasteiger partial charge in [0.25, 0.3) is 0 Å². The van der Waals surface area contributed by atoms with Gasteiger partial charge in [0, 0.05) is 5.69 Å². The zero-order valence-electron chi connectivity index (χ0n) is 9.41. The first-order chi connectivity index (χ1) is 8.15. The summed E-state index contributed by atoms with van der Waals surface area (Å²) < 4.78 is 47.2. The molecule has 0 atom stereocenters. The van der Waals surface area contributed by atoms with Crippen molar-refractivity contribution in [3.63, 3.8) is 0 Å². The van der Waals surface area contributed by atoms with E-state index in [9.17, 15) is 16.8 Å². The van der Waals surface area contributed by atoms with Gasteiger partial charge in [0.1, 0.15) is 0 Å². The Bertz CT molecular complexity index is 702. The molecule has 7 nitrogen and oxygen atoms in total. The first-order valence-corrected chi connectivity index (χ1v) is 7.86. The molecular formula is C9H11N3O4S2. The smallest absolute Gasteiger partial charge is 0.246 e. The van der Waals surface area contributed by atoms with E-state index < -0.39 is 25.8 Å². The van der Waals surface area contributed by atoms with E-state index in [0.717, 1.165) is 6.07 Å². The molecule has 1 aromatic rings. The van der Waals surface area contributed by atoms with Crippen LogP contribution in [0.5, 0.6) is 0 Å². The lowest BCUT2D eigenvalue weighted by Crippen LogP contribution is -2.17. The fourth-order valence-electron chi connectivity index (χ4n) is 1.27. The maximum absolute atomic E-state index is 11.3. The molecule has 18 heavy (non-hydrogen) atoms. The van der Waals surface area contributed by atoms with Crippen molar-refractivity contribution in [2.75, 3.05) is 10.5 Å². The van der Waals surface area contributed by atoms with Crippen molar-refractivity contribution < 1.29 is 16.8 Å². The summed E-state index contributed by atoms with van der Waals surface area (Å²) in [5.41, 5.74) is 0.445. The zero-order valence-corrected chi connectivity index (χ0v) is 11.0. The van der Waals surface area contributed by atoms with Crippen molar-refractivity contribution in [2.45, 2.75) is 11.8 Å². The fourth-order valence-corrected chi connectivity index (χ4v) is 2.81. The van der Waals surface area contributed by atoms with Gasteiger partial charge in [-0.05, 0) is 24.6 Å². The summed E-state index contributed by atoms with van der Waals surface area (Å²) in [6.07, 6.45) is 0. The highest BCUT2D eigenvalue weighted by Crippen LogP contribution is 2.19. The molecule has 0 aliphatic heterocycles. The van der Waals surface area contributed by atoms with Crippen LogP contribution in [-0.4, -0.2) is 22.6 Å². The molecule has 0 saturated heterocycles. The zero-order chi connectivity index (χ0) is 14.0. The maximum atomic E-state index is 11.3. The van der Waals surface area contributed by atoms with Crippen LogP contribution in [0, 0.1) is 18.3 Å². The molecule has 1 rings (SSSR count). The van der Waals surface area contributed by atoms with Crippen molar-refractivity contribution in [3.05, 3.63) is 23.8 Å². The molecule has 3 N–H and O–H groups in total. The highest BCUT2D eigenvalue weighted by molar-refractivity contribution is 7.92. The van der Waals surface area contributed by atoms with Gasteiger partial charge in [0.2, 0.25) is 20.0 Å². The van der Waals surface area contributed by atoms with E-state index in [1.807, 2.05) is 0 Å². The molecular weight excluding hydrogens is 278 g/mol. The first kappa shape index (κ1) is 14.4. The van der Waals surface area contributed by atoms with Crippen LogP contribution in [0.1, 0.15) is 5.56 Å². The lowest BCUT2D eigenvalue weighted by molar-refractivity contribution is 0.596. The molecule has 9 heteroatoms. The van der Waals surface area contributed by atoms with E-state index in [1.165, 1.54) is 25.1 Å². The molecule has 0 saturated carbocycles. The minimum absolute atomic E-state index is 0.0416. The summed E-state index contributed by atoms with van der Waals surface area (Å²) in [6, 6.07) is 5.41. The molecule has 0 aromatic heterocycles. The Morgan fingerprint density at radius 3 is 2.44 bits per heavy atom. The number of benzene rings is 1. The summed E-state index contributed by atoms with van der Waals surface area (Å²) in [4.78, 5) is -0.167. The van der Waals surface area contributed by atoms with Crippen molar-refractivity contribution in [2.24, 2.45) is 5.14 Å². The highest BCUT2D eigenvalue weighted by Gasteiger charge is 2.15. The van der Waals surface area contributed by atoms with Crippen LogP contribution < -0.4 is 9.86 Å². The second-order valence-electron chi connectivity index (χ2n) is 3.54. The van der Waals surface area contributed by atoms with Crippen LogP contribution in [-0.2, 0) is 20.0 Å². The Morgan fingerprint density at radius 2 is 1.94 bits per heavy atom. The van der Waals surface area contributed by atoms with Gasteiger partial charge in [-0.2, -0.15) is 5.26 Å². The molecule has 0 unspecified atom stereocenters. The van der Waals surface area contributed by atoms with Gasteiger partial charge in [0.05, 0.1) is 11.0 Å². The molecule has 0 heterocycles. The topological polar surface area (TPSA) is 130 Å². The molecule has 0 aliphatic rings. The Balaban J connectivity index is 3.20. The number of aryl methyl sites for hydroxylation is 1. The number of hydrogen-bond donors (Lipinski definition) is 2. The van der Waals surface area contributed by atoms with Gasteiger partial charge in [-0.15, -0.1) is 0 Å². The number of anilines is 1. The minimum Gasteiger partial charge on any atom is -0.283 e. The summed E-state index contributed by atoms with van der Waals surface area (Å²) in [5.74, 6) is -0.717. The molecule has 0 aliphatic carbocycles. The fraction of sp³-hybridized carbons (Fsp3) is 0.222. The van der Waals surface area contributed by atoms with Gasteiger partial charge in [0.15, 0.2) is 5.75 Å². The van der Waals surface area contributed by atoms with Crippen molar-refractivity contribution >= 4 is 25.7 Å². The molecule has 0 amide bonds. The molecule has 0 fully saturated rings. The Labute approximate surface area is 105 Å². The van der Waals surface area contributed by atoms with Gasteiger partial charge in [-0.3, -0.25) is 4.72 Å². The summed E-state index contributed by atoms with van der Waals surface area (Å²) in [5, 5.41) is 13.3. The van der Waals surface area contributed by atoms with Crippen LogP contribution >= 0.6 is 0 Å². The first-order valence-electron chi connectivity index (χ1n) is 4.66. The molecule has 0 radical (unpaired) electrons. The van der Waals surface area contributed by atoms with Gasteiger partial charge < -0.3 is 0 Å². The quantitative estimate of drug-likeness (QED) is 0.799. The van der Waals surface area contributed by atoms with Crippen LogP contribution in [0.15, 0.2) is 23.1 Å². The summed E-state index contributed by atoms with van der Waals surface area (Å²) in [6.45, 7) is 1.54.